The summed E-state index contributed by atoms with van der Waals surface area (Å²) in [5.41, 5.74) is 0.881. The maximum Gasteiger partial charge on any atom is 0.229 e. The highest BCUT2D eigenvalue weighted by molar-refractivity contribution is 7.98. The van der Waals surface area contributed by atoms with Crippen LogP contribution in [0.4, 0.5) is 5.69 Å². The van der Waals surface area contributed by atoms with Crippen LogP contribution in [-0.2, 0) is 4.79 Å². The van der Waals surface area contributed by atoms with Crippen molar-refractivity contribution in [1.29, 1.82) is 0 Å². The average Bonchev–Trinajstić information content (AvgIpc) is 2.76. The quantitative estimate of drug-likeness (QED) is 0.809. The third-order valence-electron chi connectivity index (χ3n) is 3.22. The predicted octanol–water partition coefficient (Wildman–Crippen LogP) is 2.34. The lowest BCUT2D eigenvalue weighted by atomic mass is 10.0. The second-order valence-electron chi connectivity index (χ2n) is 4.36. The Morgan fingerprint density at radius 3 is 2.65 bits per heavy atom. The number of rotatable bonds is 3. The van der Waals surface area contributed by atoms with Gasteiger partial charge in [0.05, 0.1) is 5.92 Å². The normalized spacial score (nSPS) is 23.6. The van der Waals surface area contributed by atoms with E-state index < -0.39 is 0 Å². The fourth-order valence-corrected chi connectivity index (χ4v) is 2.53. The topological polar surface area (TPSA) is 41.1 Å². The van der Waals surface area contributed by atoms with Crippen LogP contribution in [0.15, 0.2) is 29.2 Å². The van der Waals surface area contributed by atoms with E-state index in [9.17, 15) is 4.79 Å². The Morgan fingerprint density at radius 2 is 2.12 bits per heavy atom. The number of benzene rings is 1. The SMILES string of the molecule is CSc1ccc(NC(=O)C2CCNC2C)cc1. The van der Waals surface area contributed by atoms with Gasteiger partial charge in [0.25, 0.3) is 0 Å². The summed E-state index contributed by atoms with van der Waals surface area (Å²) in [4.78, 5) is 13.2. The van der Waals surface area contributed by atoms with Crippen molar-refractivity contribution in [1.82, 2.24) is 5.32 Å². The smallest absolute Gasteiger partial charge is 0.229 e. The molecule has 0 aromatic heterocycles. The molecule has 0 bridgehead atoms. The maximum absolute atomic E-state index is 12.0. The van der Waals surface area contributed by atoms with Crippen molar-refractivity contribution in [3.05, 3.63) is 24.3 Å². The second kappa shape index (κ2) is 5.56. The number of carbonyl (C=O) groups is 1. The summed E-state index contributed by atoms with van der Waals surface area (Å²) in [6.45, 7) is 3.00. The van der Waals surface area contributed by atoms with Gasteiger partial charge in [0.2, 0.25) is 5.91 Å². The third-order valence-corrected chi connectivity index (χ3v) is 3.96. The summed E-state index contributed by atoms with van der Waals surface area (Å²) in [7, 11) is 0. The zero-order valence-corrected chi connectivity index (χ0v) is 11.0. The van der Waals surface area contributed by atoms with Gasteiger partial charge in [-0.25, -0.2) is 0 Å². The van der Waals surface area contributed by atoms with Crippen LogP contribution >= 0.6 is 11.8 Å². The van der Waals surface area contributed by atoms with Gasteiger partial charge in [-0.05, 0) is 50.4 Å². The molecule has 1 aliphatic heterocycles. The van der Waals surface area contributed by atoms with Crippen molar-refractivity contribution in [2.75, 3.05) is 18.1 Å². The van der Waals surface area contributed by atoms with E-state index in [0.29, 0.717) is 0 Å². The largest absolute Gasteiger partial charge is 0.326 e. The lowest BCUT2D eigenvalue weighted by Crippen LogP contribution is -2.32. The molecule has 4 heteroatoms. The first-order valence-corrected chi connectivity index (χ1v) is 7.11. The third kappa shape index (κ3) is 3.01. The molecule has 0 saturated carbocycles. The fraction of sp³-hybridized carbons (Fsp3) is 0.462. The number of nitrogens with one attached hydrogen (secondary N) is 2. The van der Waals surface area contributed by atoms with Crippen molar-refractivity contribution >= 4 is 23.4 Å². The van der Waals surface area contributed by atoms with Crippen molar-refractivity contribution in [3.63, 3.8) is 0 Å². The number of amides is 1. The Morgan fingerprint density at radius 1 is 1.41 bits per heavy atom. The fourth-order valence-electron chi connectivity index (χ4n) is 2.13. The molecular formula is C13H18N2OS. The van der Waals surface area contributed by atoms with Gasteiger partial charge in [0.15, 0.2) is 0 Å². The Hall–Kier alpha value is -1.00. The van der Waals surface area contributed by atoms with Crippen molar-refractivity contribution in [3.8, 4) is 0 Å². The molecule has 1 amide bonds. The van der Waals surface area contributed by atoms with E-state index in [-0.39, 0.29) is 17.9 Å². The van der Waals surface area contributed by atoms with Crippen molar-refractivity contribution < 1.29 is 4.79 Å². The number of carbonyl (C=O) groups excluding carboxylic acids is 1. The molecule has 3 nitrogen and oxygen atoms in total. The molecule has 1 heterocycles. The van der Waals surface area contributed by atoms with Crippen LogP contribution in [0.25, 0.3) is 0 Å². The molecule has 1 aliphatic rings. The van der Waals surface area contributed by atoms with Crippen LogP contribution in [0, 0.1) is 5.92 Å². The minimum Gasteiger partial charge on any atom is -0.326 e. The summed E-state index contributed by atoms with van der Waals surface area (Å²) in [6, 6.07) is 8.24. The molecule has 0 radical (unpaired) electrons. The van der Waals surface area contributed by atoms with E-state index in [1.54, 1.807) is 11.8 Å². The van der Waals surface area contributed by atoms with Crippen molar-refractivity contribution in [2.24, 2.45) is 5.92 Å². The molecule has 1 aromatic rings. The lowest BCUT2D eigenvalue weighted by Gasteiger charge is -2.15. The maximum atomic E-state index is 12.0. The zero-order chi connectivity index (χ0) is 12.3. The van der Waals surface area contributed by atoms with Gasteiger partial charge < -0.3 is 10.6 Å². The Labute approximate surface area is 106 Å². The molecular weight excluding hydrogens is 232 g/mol. The second-order valence-corrected chi connectivity index (χ2v) is 5.24. The summed E-state index contributed by atoms with van der Waals surface area (Å²) in [5, 5.41) is 6.27. The molecule has 17 heavy (non-hydrogen) atoms. The predicted molar refractivity (Wildman–Crippen MR) is 72.4 cm³/mol. The highest BCUT2D eigenvalue weighted by Crippen LogP contribution is 2.20. The Balaban J connectivity index is 1.97. The van der Waals surface area contributed by atoms with Gasteiger partial charge >= 0.3 is 0 Å². The van der Waals surface area contributed by atoms with Gasteiger partial charge in [-0.1, -0.05) is 0 Å². The van der Waals surface area contributed by atoms with E-state index in [1.165, 1.54) is 4.90 Å². The summed E-state index contributed by atoms with van der Waals surface area (Å²) >= 11 is 1.70. The molecule has 0 aliphatic carbocycles. The summed E-state index contributed by atoms with van der Waals surface area (Å²) in [5.74, 6) is 0.217. The highest BCUT2D eigenvalue weighted by atomic mass is 32.2. The van der Waals surface area contributed by atoms with E-state index in [4.69, 9.17) is 0 Å². The van der Waals surface area contributed by atoms with Gasteiger partial charge in [-0.2, -0.15) is 0 Å². The minimum absolute atomic E-state index is 0.0928. The number of thioether (sulfide) groups is 1. The number of anilines is 1. The lowest BCUT2D eigenvalue weighted by molar-refractivity contribution is -0.119. The molecule has 2 rings (SSSR count). The van der Waals surface area contributed by atoms with E-state index in [2.05, 4.69) is 17.6 Å². The number of hydrogen-bond acceptors (Lipinski definition) is 3. The number of hydrogen-bond donors (Lipinski definition) is 2. The van der Waals surface area contributed by atoms with Crippen LogP contribution in [0.1, 0.15) is 13.3 Å². The molecule has 2 N–H and O–H groups in total. The summed E-state index contributed by atoms with van der Waals surface area (Å²) in [6.07, 6.45) is 2.97. The first-order valence-electron chi connectivity index (χ1n) is 5.89. The van der Waals surface area contributed by atoms with E-state index in [1.807, 2.05) is 30.5 Å². The van der Waals surface area contributed by atoms with Gasteiger partial charge in [0.1, 0.15) is 0 Å². The molecule has 2 atom stereocenters. The Bertz CT molecular complexity index is 391. The highest BCUT2D eigenvalue weighted by Gasteiger charge is 2.29. The first kappa shape index (κ1) is 12.5. The zero-order valence-electron chi connectivity index (χ0n) is 10.2. The van der Waals surface area contributed by atoms with Gasteiger partial charge in [-0.3, -0.25) is 4.79 Å². The monoisotopic (exact) mass is 250 g/mol. The van der Waals surface area contributed by atoms with Gasteiger partial charge in [0, 0.05) is 16.6 Å². The van der Waals surface area contributed by atoms with Crippen molar-refractivity contribution in [2.45, 2.75) is 24.3 Å². The van der Waals surface area contributed by atoms with Crippen LogP contribution in [0.5, 0.6) is 0 Å². The molecule has 1 aromatic carbocycles. The molecule has 0 spiro atoms. The molecule has 1 fully saturated rings. The summed E-state index contributed by atoms with van der Waals surface area (Å²) < 4.78 is 0. The van der Waals surface area contributed by atoms with E-state index >= 15 is 0 Å². The average molecular weight is 250 g/mol. The van der Waals surface area contributed by atoms with Crippen LogP contribution in [0.3, 0.4) is 0 Å². The molecule has 92 valence electrons. The van der Waals surface area contributed by atoms with E-state index in [0.717, 1.165) is 18.7 Å². The van der Waals surface area contributed by atoms with Gasteiger partial charge in [-0.15, -0.1) is 11.8 Å². The van der Waals surface area contributed by atoms with Crippen LogP contribution in [0.2, 0.25) is 0 Å². The standard InChI is InChI=1S/C13H18N2OS/c1-9-12(7-8-14-9)13(16)15-10-3-5-11(17-2)6-4-10/h3-6,9,12,14H,7-8H2,1-2H3,(H,15,16). The van der Waals surface area contributed by atoms with Crippen LogP contribution in [-0.4, -0.2) is 24.7 Å². The Kier molecular flexibility index (Phi) is 4.07. The first-order chi connectivity index (χ1) is 8.20. The van der Waals surface area contributed by atoms with Crippen LogP contribution < -0.4 is 10.6 Å². The minimum atomic E-state index is 0.0928. The molecule has 1 saturated heterocycles. The molecule has 2 unspecified atom stereocenters.